The van der Waals surface area contributed by atoms with Gasteiger partial charge in [0, 0.05) is 5.57 Å². The quantitative estimate of drug-likeness (QED) is 0.759. The maximum atomic E-state index is 11.5. The lowest BCUT2D eigenvalue weighted by Gasteiger charge is -2.39. The van der Waals surface area contributed by atoms with E-state index in [2.05, 4.69) is 20.8 Å². The van der Waals surface area contributed by atoms with Crippen LogP contribution in [0.4, 0.5) is 0 Å². The Morgan fingerprint density at radius 3 is 2.50 bits per heavy atom. The summed E-state index contributed by atoms with van der Waals surface area (Å²) in [6.45, 7) is 6.34. The highest BCUT2D eigenvalue weighted by Crippen LogP contribution is 2.77. The molecule has 0 spiro atoms. The first kappa shape index (κ1) is 12.1. The van der Waals surface area contributed by atoms with Gasteiger partial charge in [0.25, 0.3) is 0 Å². The van der Waals surface area contributed by atoms with E-state index in [9.17, 15) is 14.7 Å². The molecule has 0 aromatic carbocycles. The Morgan fingerprint density at radius 2 is 1.94 bits per heavy atom. The molecular weight excluding hydrogens is 228 g/mol. The van der Waals surface area contributed by atoms with Crippen molar-refractivity contribution in [3.8, 4) is 0 Å². The Morgan fingerprint density at radius 1 is 1.28 bits per heavy atom. The van der Waals surface area contributed by atoms with Crippen LogP contribution in [0.3, 0.4) is 0 Å². The number of carbonyl (C=O) groups is 2. The topological polar surface area (TPSA) is 54.4 Å². The van der Waals surface area contributed by atoms with E-state index < -0.39 is 11.0 Å². The van der Waals surface area contributed by atoms with Gasteiger partial charge in [-0.3, -0.25) is 4.79 Å². The molecule has 0 saturated heterocycles. The van der Waals surface area contributed by atoms with Crippen molar-refractivity contribution < 1.29 is 14.7 Å². The fourth-order valence-electron chi connectivity index (χ4n) is 4.80. The van der Waals surface area contributed by atoms with Crippen LogP contribution in [0, 0.1) is 22.2 Å². The highest BCUT2D eigenvalue weighted by molar-refractivity contribution is 5.89. The zero-order chi connectivity index (χ0) is 13.4. The van der Waals surface area contributed by atoms with Crippen LogP contribution in [0.1, 0.15) is 40.0 Å². The van der Waals surface area contributed by atoms with Crippen molar-refractivity contribution in [3.05, 3.63) is 11.6 Å². The summed E-state index contributed by atoms with van der Waals surface area (Å²) in [4.78, 5) is 22.7. The summed E-state index contributed by atoms with van der Waals surface area (Å²) in [5, 5.41) is 10.9. The third-order valence-electron chi connectivity index (χ3n) is 5.68. The summed E-state index contributed by atoms with van der Waals surface area (Å²) < 4.78 is 0. The van der Waals surface area contributed by atoms with Gasteiger partial charge in [-0.2, -0.15) is 0 Å². The van der Waals surface area contributed by atoms with Crippen molar-refractivity contribution in [1.82, 2.24) is 0 Å². The van der Waals surface area contributed by atoms with E-state index in [0.29, 0.717) is 18.4 Å². The van der Waals surface area contributed by atoms with E-state index in [0.717, 1.165) is 19.0 Å². The van der Waals surface area contributed by atoms with Gasteiger partial charge < -0.3 is 9.90 Å². The molecule has 4 atom stereocenters. The normalized spacial score (nSPS) is 52.0. The monoisotopic (exact) mass is 248 g/mol. The lowest BCUT2D eigenvalue weighted by Crippen LogP contribution is -2.43. The molecule has 0 radical (unpaired) electrons. The second kappa shape index (κ2) is 2.96. The molecule has 2 saturated carbocycles. The van der Waals surface area contributed by atoms with E-state index in [4.69, 9.17) is 0 Å². The molecule has 0 aromatic rings. The predicted octanol–water partition coefficient (Wildman–Crippen LogP) is 1.89. The summed E-state index contributed by atoms with van der Waals surface area (Å²) in [7, 11) is 0. The Bertz CT molecular complexity index is 478. The number of hydrogen-bond acceptors (Lipinski definition) is 3. The molecule has 0 bridgehead atoms. The predicted molar refractivity (Wildman–Crippen MR) is 66.8 cm³/mol. The molecule has 0 heterocycles. The lowest BCUT2D eigenvalue weighted by atomic mass is 9.67. The first-order valence-electron chi connectivity index (χ1n) is 6.60. The van der Waals surface area contributed by atoms with Crippen LogP contribution in [0.25, 0.3) is 0 Å². The van der Waals surface area contributed by atoms with Crippen LogP contribution in [0.15, 0.2) is 11.6 Å². The van der Waals surface area contributed by atoms with Gasteiger partial charge in [-0.05, 0) is 42.1 Å². The second-order valence-electron chi connectivity index (χ2n) is 7.49. The summed E-state index contributed by atoms with van der Waals surface area (Å²) >= 11 is 0. The average molecular weight is 248 g/mol. The van der Waals surface area contributed by atoms with Gasteiger partial charge in [0.05, 0.1) is 11.0 Å². The van der Waals surface area contributed by atoms with Crippen LogP contribution in [-0.4, -0.2) is 23.3 Å². The Labute approximate surface area is 107 Å². The summed E-state index contributed by atoms with van der Waals surface area (Å²) in [6.07, 6.45) is 5.67. The Hall–Kier alpha value is -0.960. The lowest BCUT2D eigenvalue weighted by molar-refractivity contribution is -0.116. The molecule has 3 rings (SSSR count). The maximum absolute atomic E-state index is 11.5. The van der Waals surface area contributed by atoms with Crippen molar-refractivity contribution in [2.45, 2.75) is 45.6 Å². The van der Waals surface area contributed by atoms with Gasteiger partial charge in [0.15, 0.2) is 0 Å². The molecule has 0 aliphatic heterocycles. The van der Waals surface area contributed by atoms with E-state index in [1.54, 1.807) is 6.08 Å². The molecular formula is C15H20O3. The van der Waals surface area contributed by atoms with Crippen LogP contribution >= 0.6 is 0 Å². The smallest absolute Gasteiger partial charge is 0.146 e. The Kier molecular flexibility index (Phi) is 1.99. The molecule has 0 amide bonds. The molecule has 0 unspecified atom stereocenters. The van der Waals surface area contributed by atoms with Crippen molar-refractivity contribution in [1.29, 1.82) is 0 Å². The number of fused-ring (bicyclic) bond motifs is 3. The van der Waals surface area contributed by atoms with Crippen LogP contribution in [0.5, 0.6) is 0 Å². The molecule has 0 aromatic heterocycles. The Balaban J connectivity index is 2.15. The third-order valence-corrected chi connectivity index (χ3v) is 5.68. The van der Waals surface area contributed by atoms with Gasteiger partial charge in [-0.1, -0.05) is 20.8 Å². The highest BCUT2D eigenvalue weighted by atomic mass is 16.3. The molecule has 1 N–H and O–H groups in total. The minimum atomic E-state index is -0.905. The van der Waals surface area contributed by atoms with E-state index >= 15 is 0 Å². The van der Waals surface area contributed by atoms with Gasteiger partial charge in [-0.15, -0.1) is 0 Å². The summed E-state index contributed by atoms with van der Waals surface area (Å²) in [5.74, 6) is 0.0916. The second-order valence-corrected chi connectivity index (χ2v) is 7.49. The number of aliphatic hydroxyl groups is 1. The van der Waals surface area contributed by atoms with Crippen LogP contribution in [0.2, 0.25) is 0 Å². The standard InChI is InChI=1S/C15H20O3/c1-12(2)5-11-13(3)8-14(13,9-17)10(6-16)4-15(11,18)7-12/h4,6,9,11,18H,5,7-8H2,1-3H3/t11-,13+,14+,15+/m0/s1. The maximum Gasteiger partial charge on any atom is 0.146 e. The number of hydrogen-bond donors (Lipinski definition) is 1. The highest BCUT2D eigenvalue weighted by Gasteiger charge is 2.76. The molecule has 3 aliphatic carbocycles. The van der Waals surface area contributed by atoms with Crippen LogP contribution < -0.4 is 0 Å². The fraction of sp³-hybridized carbons (Fsp3) is 0.733. The number of aldehydes is 2. The minimum Gasteiger partial charge on any atom is -0.385 e. The first-order chi connectivity index (χ1) is 8.23. The van der Waals surface area contributed by atoms with E-state index in [1.165, 1.54) is 0 Å². The molecule has 3 aliphatic rings. The molecule has 2 fully saturated rings. The molecule has 98 valence electrons. The van der Waals surface area contributed by atoms with Crippen molar-refractivity contribution >= 4 is 12.6 Å². The van der Waals surface area contributed by atoms with Crippen LogP contribution in [-0.2, 0) is 9.59 Å². The van der Waals surface area contributed by atoms with E-state index in [1.807, 2.05) is 0 Å². The summed E-state index contributed by atoms with van der Waals surface area (Å²) in [6, 6.07) is 0. The largest absolute Gasteiger partial charge is 0.385 e. The SMILES string of the molecule is CC1(C)C[C@@H]2[C@@](O)(C=C(C=O)[C@]3(C=O)C[C@]23C)C1. The first-order valence-corrected chi connectivity index (χ1v) is 6.60. The van der Waals surface area contributed by atoms with Gasteiger partial charge in [0.1, 0.15) is 12.6 Å². The van der Waals surface area contributed by atoms with Gasteiger partial charge in [0.2, 0.25) is 0 Å². The fourth-order valence-corrected chi connectivity index (χ4v) is 4.80. The zero-order valence-electron chi connectivity index (χ0n) is 11.2. The number of carbonyl (C=O) groups excluding carboxylic acids is 2. The van der Waals surface area contributed by atoms with Gasteiger partial charge >= 0.3 is 0 Å². The number of allylic oxidation sites excluding steroid dienone is 1. The van der Waals surface area contributed by atoms with Crippen molar-refractivity contribution in [2.75, 3.05) is 0 Å². The molecule has 3 heteroatoms. The van der Waals surface area contributed by atoms with Crippen molar-refractivity contribution in [3.63, 3.8) is 0 Å². The summed E-state index contributed by atoms with van der Waals surface area (Å²) in [5.41, 5.74) is -1.20. The average Bonchev–Trinajstić information content (AvgIpc) is 2.81. The molecule has 18 heavy (non-hydrogen) atoms. The third kappa shape index (κ3) is 1.14. The van der Waals surface area contributed by atoms with E-state index in [-0.39, 0.29) is 16.7 Å². The van der Waals surface area contributed by atoms with Gasteiger partial charge in [-0.25, -0.2) is 0 Å². The van der Waals surface area contributed by atoms with Crippen molar-refractivity contribution in [2.24, 2.45) is 22.2 Å². The molecule has 3 nitrogen and oxygen atoms in total. The zero-order valence-corrected chi connectivity index (χ0v) is 11.2. The number of rotatable bonds is 2. The minimum absolute atomic E-state index is 0.0640.